The Labute approximate surface area is 72.0 Å². The normalized spacial score (nSPS) is 40.4. The number of Topliss-reactive ketones (excluding diaryl/α,β-unsaturated/α-hetero) is 1. The molecule has 0 aromatic rings. The first kappa shape index (κ1) is 8.20. The monoisotopic (exact) mass is 170 g/mol. The molecule has 0 N–H and O–H groups in total. The molecule has 0 aromatic carbocycles. The van der Waals surface area contributed by atoms with Crippen LogP contribution < -0.4 is 0 Å². The highest BCUT2D eigenvalue weighted by Gasteiger charge is 2.42. The maximum Gasteiger partial charge on any atom is 0.161 e. The van der Waals surface area contributed by atoms with Gasteiger partial charge in [0.1, 0.15) is 6.10 Å². The van der Waals surface area contributed by atoms with Gasteiger partial charge in [0.25, 0.3) is 0 Å². The average Bonchev–Trinajstić information content (AvgIpc) is 2.39. The van der Waals surface area contributed by atoms with E-state index in [9.17, 15) is 4.79 Å². The molecule has 2 rings (SSSR count). The Morgan fingerprint density at radius 2 is 2.50 bits per heavy atom. The molecule has 3 nitrogen and oxygen atoms in total. The molecule has 12 heavy (non-hydrogen) atoms. The van der Waals surface area contributed by atoms with Gasteiger partial charge >= 0.3 is 0 Å². The van der Waals surface area contributed by atoms with E-state index in [1.807, 2.05) is 6.92 Å². The Kier molecular flexibility index (Phi) is 2.15. The number of fused-ring (bicyclic) bond motifs is 2. The van der Waals surface area contributed by atoms with Crippen LogP contribution in [0.1, 0.15) is 26.2 Å². The van der Waals surface area contributed by atoms with Crippen LogP contribution in [0, 0.1) is 0 Å². The van der Waals surface area contributed by atoms with Crippen molar-refractivity contribution in [1.29, 1.82) is 0 Å². The highest BCUT2D eigenvalue weighted by molar-refractivity contribution is 5.84. The minimum Gasteiger partial charge on any atom is -0.376 e. The zero-order chi connectivity index (χ0) is 8.55. The fourth-order valence-corrected chi connectivity index (χ4v) is 2.01. The van der Waals surface area contributed by atoms with Crippen LogP contribution in [0.2, 0.25) is 0 Å². The van der Waals surface area contributed by atoms with Crippen molar-refractivity contribution < 1.29 is 14.3 Å². The maximum atomic E-state index is 11.2. The van der Waals surface area contributed by atoms with Gasteiger partial charge in [0, 0.05) is 19.4 Å². The summed E-state index contributed by atoms with van der Waals surface area (Å²) in [5.74, 6) is 0.258. The predicted octanol–water partition coefficient (Wildman–Crippen LogP) is 0.912. The third kappa shape index (κ3) is 1.27. The van der Waals surface area contributed by atoms with Crippen LogP contribution in [0.15, 0.2) is 0 Å². The van der Waals surface area contributed by atoms with E-state index in [-0.39, 0.29) is 24.1 Å². The van der Waals surface area contributed by atoms with Crippen molar-refractivity contribution in [3.8, 4) is 0 Å². The van der Waals surface area contributed by atoms with Crippen molar-refractivity contribution in [2.24, 2.45) is 0 Å². The maximum absolute atomic E-state index is 11.2. The molecule has 2 fully saturated rings. The van der Waals surface area contributed by atoms with Crippen LogP contribution in [0.4, 0.5) is 0 Å². The summed E-state index contributed by atoms with van der Waals surface area (Å²) in [6.45, 7) is 2.69. The molecular formula is C9H14O3. The van der Waals surface area contributed by atoms with E-state index in [0.717, 1.165) is 12.8 Å². The summed E-state index contributed by atoms with van der Waals surface area (Å²) in [5, 5.41) is 0. The Bertz CT molecular complexity index is 190. The van der Waals surface area contributed by atoms with Crippen LogP contribution in [0.25, 0.3) is 0 Å². The van der Waals surface area contributed by atoms with Gasteiger partial charge in [0.05, 0.1) is 12.2 Å². The van der Waals surface area contributed by atoms with Gasteiger partial charge in [-0.25, -0.2) is 0 Å². The molecule has 68 valence electrons. The molecule has 0 radical (unpaired) electrons. The smallest absolute Gasteiger partial charge is 0.161 e. The summed E-state index contributed by atoms with van der Waals surface area (Å²) in [4.78, 5) is 11.2. The Hall–Kier alpha value is -0.410. The molecule has 0 aromatic heterocycles. The van der Waals surface area contributed by atoms with Crippen molar-refractivity contribution in [2.45, 2.75) is 44.5 Å². The van der Waals surface area contributed by atoms with Crippen LogP contribution in [-0.4, -0.2) is 30.7 Å². The number of ether oxygens (including phenoxy) is 2. The Balaban J connectivity index is 2.00. The molecule has 0 saturated carbocycles. The minimum absolute atomic E-state index is 0.153. The van der Waals surface area contributed by atoms with E-state index < -0.39 is 0 Å². The van der Waals surface area contributed by atoms with Crippen molar-refractivity contribution in [2.75, 3.05) is 6.61 Å². The lowest BCUT2D eigenvalue weighted by Gasteiger charge is -2.20. The van der Waals surface area contributed by atoms with Crippen LogP contribution >= 0.6 is 0 Å². The van der Waals surface area contributed by atoms with Gasteiger partial charge in [-0.15, -0.1) is 0 Å². The molecule has 2 aliphatic rings. The fraction of sp³-hybridized carbons (Fsp3) is 0.889. The topological polar surface area (TPSA) is 35.5 Å². The predicted molar refractivity (Wildman–Crippen MR) is 42.9 cm³/mol. The zero-order valence-electron chi connectivity index (χ0n) is 7.29. The number of carbonyl (C=O) groups is 1. The van der Waals surface area contributed by atoms with Crippen molar-refractivity contribution in [3.63, 3.8) is 0 Å². The van der Waals surface area contributed by atoms with Crippen LogP contribution in [0.3, 0.4) is 0 Å². The summed E-state index contributed by atoms with van der Waals surface area (Å²) in [7, 11) is 0. The standard InChI is InChI=1S/C9H14O3/c1-2-11-9-5-8-6(10)3-4-7(9)12-8/h7-9H,2-5H2,1H3/t7-,8-,9-/m0/s1. The zero-order valence-corrected chi connectivity index (χ0v) is 7.29. The first-order valence-electron chi connectivity index (χ1n) is 4.61. The summed E-state index contributed by atoms with van der Waals surface area (Å²) in [5.41, 5.74) is 0. The van der Waals surface area contributed by atoms with Gasteiger partial charge in [-0.2, -0.15) is 0 Å². The lowest BCUT2D eigenvalue weighted by molar-refractivity contribution is -0.136. The van der Waals surface area contributed by atoms with E-state index in [1.165, 1.54) is 0 Å². The van der Waals surface area contributed by atoms with Gasteiger partial charge in [-0.3, -0.25) is 4.79 Å². The largest absolute Gasteiger partial charge is 0.376 e. The summed E-state index contributed by atoms with van der Waals surface area (Å²) < 4.78 is 11.0. The molecular weight excluding hydrogens is 156 g/mol. The van der Waals surface area contributed by atoms with E-state index in [2.05, 4.69) is 0 Å². The van der Waals surface area contributed by atoms with E-state index in [4.69, 9.17) is 9.47 Å². The van der Waals surface area contributed by atoms with E-state index in [1.54, 1.807) is 0 Å². The van der Waals surface area contributed by atoms with Crippen molar-refractivity contribution in [1.82, 2.24) is 0 Å². The van der Waals surface area contributed by atoms with E-state index in [0.29, 0.717) is 13.0 Å². The van der Waals surface area contributed by atoms with Gasteiger partial charge in [-0.1, -0.05) is 0 Å². The summed E-state index contributed by atoms with van der Waals surface area (Å²) in [6, 6.07) is 0. The molecule has 0 spiro atoms. The quantitative estimate of drug-likeness (QED) is 0.618. The average molecular weight is 170 g/mol. The summed E-state index contributed by atoms with van der Waals surface area (Å²) >= 11 is 0. The Morgan fingerprint density at radius 1 is 1.67 bits per heavy atom. The van der Waals surface area contributed by atoms with Crippen LogP contribution in [-0.2, 0) is 14.3 Å². The van der Waals surface area contributed by atoms with Gasteiger partial charge in [-0.05, 0) is 13.3 Å². The van der Waals surface area contributed by atoms with Crippen molar-refractivity contribution in [3.05, 3.63) is 0 Å². The second kappa shape index (κ2) is 3.15. The van der Waals surface area contributed by atoms with Gasteiger partial charge in [0.2, 0.25) is 0 Å². The highest BCUT2D eigenvalue weighted by Crippen LogP contribution is 2.32. The molecule has 2 saturated heterocycles. The molecule has 2 heterocycles. The second-order valence-corrected chi connectivity index (χ2v) is 3.40. The number of carbonyl (C=O) groups excluding carboxylic acids is 1. The number of rotatable bonds is 2. The molecule has 0 amide bonds. The highest BCUT2D eigenvalue weighted by atomic mass is 16.6. The molecule has 3 heteroatoms. The molecule has 2 bridgehead atoms. The third-order valence-electron chi connectivity index (χ3n) is 2.62. The lowest BCUT2D eigenvalue weighted by atomic mass is 10.1. The van der Waals surface area contributed by atoms with Crippen LogP contribution in [0.5, 0.6) is 0 Å². The summed E-state index contributed by atoms with van der Waals surface area (Å²) in [6.07, 6.45) is 2.51. The number of ketones is 1. The van der Waals surface area contributed by atoms with Gasteiger partial charge in [0.15, 0.2) is 5.78 Å². The third-order valence-corrected chi connectivity index (χ3v) is 2.62. The van der Waals surface area contributed by atoms with Crippen molar-refractivity contribution >= 4 is 5.78 Å². The number of hydrogen-bond donors (Lipinski definition) is 0. The second-order valence-electron chi connectivity index (χ2n) is 3.40. The Morgan fingerprint density at radius 3 is 3.17 bits per heavy atom. The first-order chi connectivity index (χ1) is 5.81. The minimum atomic E-state index is -0.153. The molecule has 0 aliphatic carbocycles. The fourth-order valence-electron chi connectivity index (χ4n) is 2.01. The molecule has 2 aliphatic heterocycles. The number of hydrogen-bond acceptors (Lipinski definition) is 3. The SMILES string of the molecule is CCO[C@H]1C[C@@H]2O[C@H]1CCC2=O. The van der Waals surface area contributed by atoms with Gasteiger partial charge < -0.3 is 9.47 Å². The molecule has 0 unspecified atom stereocenters. The lowest BCUT2D eigenvalue weighted by Crippen LogP contribution is -2.29. The molecule has 3 atom stereocenters. The first-order valence-corrected chi connectivity index (χ1v) is 4.61. The van der Waals surface area contributed by atoms with E-state index >= 15 is 0 Å².